The zero-order valence-corrected chi connectivity index (χ0v) is 15.4. The monoisotopic (exact) mass is 320 g/mol. The molecule has 23 heavy (non-hydrogen) atoms. The Kier molecular flexibility index (Phi) is 7.86. The van der Waals surface area contributed by atoms with Gasteiger partial charge in [0.25, 0.3) is 0 Å². The molecule has 3 N–H and O–H groups in total. The van der Waals surface area contributed by atoms with E-state index in [1.165, 1.54) is 12.8 Å². The van der Waals surface area contributed by atoms with Crippen LogP contribution in [-0.2, 0) is 6.54 Å². The molecule has 0 saturated carbocycles. The van der Waals surface area contributed by atoms with Crippen LogP contribution in [0.5, 0.6) is 5.75 Å². The van der Waals surface area contributed by atoms with Crippen LogP contribution in [0.1, 0.15) is 56.9 Å². The van der Waals surface area contributed by atoms with Crippen molar-refractivity contribution in [1.82, 2.24) is 10.3 Å². The summed E-state index contributed by atoms with van der Waals surface area (Å²) < 4.78 is 5.42. The largest absolute Gasteiger partial charge is 0.496 e. The fourth-order valence-electron chi connectivity index (χ4n) is 2.59. The molecule has 1 unspecified atom stereocenters. The van der Waals surface area contributed by atoms with Crippen molar-refractivity contribution < 1.29 is 4.74 Å². The average Bonchev–Trinajstić information content (AvgIpc) is 2.46. The summed E-state index contributed by atoms with van der Waals surface area (Å²) in [6.07, 6.45) is 5.36. The number of methoxy groups -OCH3 is 1. The Morgan fingerprint density at radius 1 is 1.30 bits per heavy atom. The Labute approximate surface area is 140 Å². The number of hydrogen-bond acceptors (Lipinski definition) is 3. The zero-order valence-electron chi connectivity index (χ0n) is 15.4. The number of aromatic nitrogens is 1. The second kappa shape index (κ2) is 9.38. The highest BCUT2D eigenvalue weighted by molar-refractivity contribution is 5.78. The quantitative estimate of drug-likeness (QED) is 0.569. The second-order valence-corrected chi connectivity index (χ2v) is 6.62. The number of pyridine rings is 1. The Hall–Kier alpha value is -1.78. The predicted molar refractivity (Wildman–Crippen MR) is 96.9 cm³/mol. The van der Waals surface area contributed by atoms with Gasteiger partial charge in [-0.1, -0.05) is 26.7 Å². The fraction of sp³-hybridized carbons (Fsp3) is 0.667. The van der Waals surface area contributed by atoms with E-state index < -0.39 is 0 Å². The maximum absolute atomic E-state index is 5.98. The van der Waals surface area contributed by atoms with Crippen LogP contribution in [-0.4, -0.2) is 24.1 Å². The summed E-state index contributed by atoms with van der Waals surface area (Å²) in [5.74, 6) is 2.10. The van der Waals surface area contributed by atoms with E-state index in [1.807, 2.05) is 20.0 Å². The molecule has 0 radical (unpaired) electrons. The molecule has 0 saturated heterocycles. The zero-order chi connectivity index (χ0) is 17.4. The lowest BCUT2D eigenvalue weighted by atomic mass is 10.0. The molecule has 1 aromatic heterocycles. The molecule has 0 aliphatic carbocycles. The summed E-state index contributed by atoms with van der Waals surface area (Å²) in [5.41, 5.74) is 8.93. The molecular formula is C18H32N4O. The predicted octanol–water partition coefficient (Wildman–Crippen LogP) is 3.33. The molecule has 130 valence electrons. The summed E-state index contributed by atoms with van der Waals surface area (Å²) in [6.45, 7) is 11.1. The van der Waals surface area contributed by atoms with E-state index in [9.17, 15) is 0 Å². The minimum Gasteiger partial charge on any atom is -0.496 e. The molecule has 0 aromatic carbocycles. The Balaban J connectivity index is 2.56. The molecular weight excluding hydrogens is 288 g/mol. The summed E-state index contributed by atoms with van der Waals surface area (Å²) in [7, 11) is 1.68. The molecule has 0 aliphatic heterocycles. The van der Waals surface area contributed by atoms with Crippen LogP contribution in [0.4, 0.5) is 0 Å². The third kappa shape index (κ3) is 6.47. The van der Waals surface area contributed by atoms with E-state index in [2.05, 4.69) is 36.1 Å². The average molecular weight is 320 g/mol. The molecule has 0 bridgehead atoms. The molecule has 0 fully saturated rings. The number of nitrogens with zero attached hydrogens (tertiary/aromatic N) is 2. The number of ether oxygens (including phenoxy) is 1. The van der Waals surface area contributed by atoms with Gasteiger partial charge >= 0.3 is 0 Å². The molecule has 1 heterocycles. The highest BCUT2D eigenvalue weighted by Gasteiger charge is 2.09. The van der Waals surface area contributed by atoms with Crippen LogP contribution in [0.3, 0.4) is 0 Å². The highest BCUT2D eigenvalue weighted by Crippen LogP contribution is 2.24. The van der Waals surface area contributed by atoms with Crippen LogP contribution in [0.25, 0.3) is 0 Å². The maximum atomic E-state index is 5.98. The van der Waals surface area contributed by atoms with E-state index in [0.29, 0.717) is 18.5 Å². The minimum atomic E-state index is 0.333. The molecule has 5 heteroatoms. The fourth-order valence-corrected chi connectivity index (χ4v) is 2.59. The lowest BCUT2D eigenvalue weighted by Crippen LogP contribution is -2.38. The van der Waals surface area contributed by atoms with Gasteiger partial charge < -0.3 is 15.8 Å². The van der Waals surface area contributed by atoms with Crippen LogP contribution in [0.2, 0.25) is 0 Å². The van der Waals surface area contributed by atoms with Crippen LogP contribution in [0, 0.1) is 19.8 Å². The van der Waals surface area contributed by atoms with Crippen molar-refractivity contribution in [3.8, 4) is 5.75 Å². The lowest BCUT2D eigenvalue weighted by Gasteiger charge is -2.15. The van der Waals surface area contributed by atoms with Gasteiger partial charge in [0, 0.05) is 23.4 Å². The smallest absolute Gasteiger partial charge is 0.189 e. The van der Waals surface area contributed by atoms with Gasteiger partial charge in [-0.05, 0) is 33.1 Å². The van der Waals surface area contributed by atoms with Gasteiger partial charge in [0.2, 0.25) is 0 Å². The molecule has 1 atom stereocenters. The SMILES string of the molecule is COc1c(C)cnc(CN=C(N)NC(C)CCCC(C)C)c1C. The van der Waals surface area contributed by atoms with Crippen molar-refractivity contribution >= 4 is 5.96 Å². The number of rotatable bonds is 8. The van der Waals surface area contributed by atoms with Gasteiger partial charge in [0.1, 0.15) is 5.75 Å². The first-order valence-electron chi connectivity index (χ1n) is 8.40. The summed E-state index contributed by atoms with van der Waals surface area (Å²) in [4.78, 5) is 8.84. The number of nitrogens with two attached hydrogens (primary N) is 1. The van der Waals surface area contributed by atoms with Gasteiger partial charge in [0.15, 0.2) is 5.96 Å². The number of nitrogens with one attached hydrogen (secondary N) is 1. The summed E-state index contributed by atoms with van der Waals surface area (Å²) in [5, 5.41) is 3.25. The molecule has 1 rings (SSSR count). The third-order valence-electron chi connectivity index (χ3n) is 3.96. The van der Waals surface area contributed by atoms with E-state index in [0.717, 1.165) is 34.9 Å². The van der Waals surface area contributed by atoms with Gasteiger partial charge in [-0.25, -0.2) is 4.99 Å². The number of hydrogen-bond donors (Lipinski definition) is 2. The molecule has 0 aliphatic rings. The number of aliphatic imine (C=N–C) groups is 1. The Morgan fingerprint density at radius 3 is 2.61 bits per heavy atom. The Morgan fingerprint density at radius 2 is 2.00 bits per heavy atom. The third-order valence-corrected chi connectivity index (χ3v) is 3.96. The molecule has 1 aromatic rings. The Bertz CT molecular complexity index is 526. The van der Waals surface area contributed by atoms with Crippen LogP contribution < -0.4 is 15.8 Å². The van der Waals surface area contributed by atoms with Gasteiger partial charge in [-0.15, -0.1) is 0 Å². The van der Waals surface area contributed by atoms with Gasteiger partial charge in [-0.2, -0.15) is 0 Å². The first-order valence-corrected chi connectivity index (χ1v) is 8.40. The second-order valence-electron chi connectivity index (χ2n) is 6.62. The van der Waals surface area contributed by atoms with Crippen LogP contribution in [0.15, 0.2) is 11.2 Å². The van der Waals surface area contributed by atoms with E-state index >= 15 is 0 Å². The molecule has 5 nitrogen and oxygen atoms in total. The highest BCUT2D eigenvalue weighted by atomic mass is 16.5. The molecule has 0 spiro atoms. The standard InChI is InChI=1S/C18H32N4O/c1-12(2)8-7-9-14(4)22-18(19)21-11-16-15(5)17(23-6)13(3)10-20-16/h10,12,14H,7-9,11H2,1-6H3,(H3,19,21,22). The lowest BCUT2D eigenvalue weighted by molar-refractivity contribution is 0.407. The first kappa shape index (κ1) is 19.3. The van der Waals surface area contributed by atoms with Crippen molar-refractivity contribution in [3.05, 3.63) is 23.0 Å². The number of aryl methyl sites for hydroxylation is 1. The topological polar surface area (TPSA) is 72.5 Å². The minimum absolute atomic E-state index is 0.333. The van der Waals surface area contributed by atoms with Crippen molar-refractivity contribution in [3.63, 3.8) is 0 Å². The summed E-state index contributed by atoms with van der Waals surface area (Å²) >= 11 is 0. The van der Waals surface area contributed by atoms with Gasteiger partial charge in [0.05, 0.1) is 19.3 Å². The first-order chi connectivity index (χ1) is 10.8. The molecule has 0 amide bonds. The van der Waals surface area contributed by atoms with Gasteiger partial charge in [-0.3, -0.25) is 4.98 Å². The number of guanidine groups is 1. The van der Waals surface area contributed by atoms with E-state index in [1.54, 1.807) is 7.11 Å². The summed E-state index contributed by atoms with van der Waals surface area (Å²) in [6, 6.07) is 0.333. The van der Waals surface area contributed by atoms with E-state index in [4.69, 9.17) is 10.5 Å². The van der Waals surface area contributed by atoms with E-state index in [-0.39, 0.29) is 0 Å². The normalized spacial score (nSPS) is 13.3. The maximum Gasteiger partial charge on any atom is 0.189 e. The van der Waals surface area contributed by atoms with Crippen molar-refractivity contribution in [2.45, 2.75) is 66.5 Å². The van der Waals surface area contributed by atoms with Crippen molar-refractivity contribution in [2.24, 2.45) is 16.6 Å². The van der Waals surface area contributed by atoms with Crippen molar-refractivity contribution in [2.75, 3.05) is 7.11 Å². The van der Waals surface area contributed by atoms with Crippen LogP contribution >= 0.6 is 0 Å². The van der Waals surface area contributed by atoms with Crippen molar-refractivity contribution in [1.29, 1.82) is 0 Å².